The Balaban J connectivity index is 1.25. The molecule has 0 unspecified atom stereocenters. The van der Waals surface area contributed by atoms with Crippen LogP contribution in [0.3, 0.4) is 0 Å². The van der Waals surface area contributed by atoms with E-state index in [1.807, 2.05) is 24.3 Å². The SMILES string of the molecule is COc1cccc(C(=O)Nc2ccc(NC34CC5CC(CC(C5)C3)C4)nc2)c1. The molecule has 1 heterocycles. The van der Waals surface area contributed by atoms with Crippen LogP contribution >= 0.6 is 0 Å². The number of benzene rings is 1. The average molecular weight is 377 g/mol. The summed E-state index contributed by atoms with van der Waals surface area (Å²) in [5.74, 6) is 4.13. The molecule has 5 nitrogen and oxygen atoms in total. The summed E-state index contributed by atoms with van der Waals surface area (Å²) in [6, 6.07) is 11.0. The fraction of sp³-hybridized carbons (Fsp3) is 0.478. The molecule has 1 amide bonds. The molecule has 28 heavy (non-hydrogen) atoms. The van der Waals surface area contributed by atoms with Crippen molar-refractivity contribution < 1.29 is 9.53 Å². The maximum atomic E-state index is 12.5. The number of carbonyl (C=O) groups excluding carboxylic acids is 1. The zero-order valence-electron chi connectivity index (χ0n) is 16.3. The Morgan fingerprint density at radius 2 is 1.79 bits per heavy atom. The molecule has 2 aromatic rings. The van der Waals surface area contributed by atoms with Crippen molar-refractivity contribution in [2.24, 2.45) is 17.8 Å². The molecule has 0 atom stereocenters. The number of nitrogens with zero attached hydrogens (tertiary/aromatic N) is 1. The number of amides is 1. The summed E-state index contributed by atoms with van der Waals surface area (Å²) in [5.41, 5.74) is 1.51. The highest BCUT2D eigenvalue weighted by molar-refractivity contribution is 6.04. The number of methoxy groups -OCH3 is 1. The van der Waals surface area contributed by atoms with Crippen molar-refractivity contribution in [3.8, 4) is 5.75 Å². The Bertz CT molecular complexity index is 842. The summed E-state index contributed by atoms with van der Waals surface area (Å²) >= 11 is 0. The van der Waals surface area contributed by atoms with E-state index >= 15 is 0 Å². The van der Waals surface area contributed by atoms with Crippen LogP contribution in [0.1, 0.15) is 48.9 Å². The second kappa shape index (κ2) is 6.80. The van der Waals surface area contributed by atoms with E-state index in [4.69, 9.17) is 4.74 Å². The van der Waals surface area contributed by atoms with Crippen LogP contribution in [0.5, 0.6) is 5.75 Å². The van der Waals surface area contributed by atoms with Gasteiger partial charge in [-0.05, 0) is 86.6 Å². The number of ether oxygens (including phenoxy) is 1. The zero-order chi connectivity index (χ0) is 19.1. The lowest BCUT2D eigenvalue weighted by Gasteiger charge is -2.57. The highest BCUT2D eigenvalue weighted by atomic mass is 16.5. The number of hydrogen-bond donors (Lipinski definition) is 2. The van der Waals surface area contributed by atoms with Crippen molar-refractivity contribution >= 4 is 17.4 Å². The van der Waals surface area contributed by atoms with Crippen molar-refractivity contribution in [3.05, 3.63) is 48.2 Å². The van der Waals surface area contributed by atoms with E-state index in [1.54, 1.807) is 25.4 Å². The molecule has 1 aromatic heterocycles. The molecule has 4 aliphatic rings. The van der Waals surface area contributed by atoms with Crippen LogP contribution in [0.15, 0.2) is 42.6 Å². The van der Waals surface area contributed by atoms with Crippen LogP contribution in [-0.2, 0) is 0 Å². The van der Waals surface area contributed by atoms with Crippen molar-refractivity contribution in [2.75, 3.05) is 17.7 Å². The van der Waals surface area contributed by atoms with Crippen molar-refractivity contribution in [2.45, 2.75) is 44.1 Å². The highest BCUT2D eigenvalue weighted by Crippen LogP contribution is 2.56. The van der Waals surface area contributed by atoms with Crippen LogP contribution in [0, 0.1) is 17.8 Å². The molecule has 2 N–H and O–H groups in total. The van der Waals surface area contributed by atoms with Gasteiger partial charge in [-0.2, -0.15) is 0 Å². The summed E-state index contributed by atoms with van der Waals surface area (Å²) in [5, 5.41) is 6.68. The molecule has 0 saturated heterocycles. The third-order valence-electron chi connectivity index (χ3n) is 6.78. The van der Waals surface area contributed by atoms with Crippen LogP contribution in [0.4, 0.5) is 11.5 Å². The van der Waals surface area contributed by atoms with Crippen LogP contribution in [0.25, 0.3) is 0 Å². The molecule has 0 radical (unpaired) electrons. The van der Waals surface area contributed by atoms with Gasteiger partial charge in [0.25, 0.3) is 5.91 Å². The van der Waals surface area contributed by atoms with Gasteiger partial charge in [-0.15, -0.1) is 0 Å². The molecule has 146 valence electrons. The third-order valence-corrected chi connectivity index (χ3v) is 6.78. The lowest BCUT2D eigenvalue weighted by molar-refractivity contribution is 0.0105. The molecular weight excluding hydrogens is 350 g/mol. The minimum Gasteiger partial charge on any atom is -0.497 e. The van der Waals surface area contributed by atoms with Gasteiger partial charge in [-0.1, -0.05) is 6.07 Å². The monoisotopic (exact) mass is 377 g/mol. The number of pyridine rings is 1. The van der Waals surface area contributed by atoms with E-state index in [2.05, 4.69) is 15.6 Å². The maximum absolute atomic E-state index is 12.5. The lowest BCUT2D eigenvalue weighted by atomic mass is 9.53. The normalized spacial score (nSPS) is 30.1. The van der Waals surface area contributed by atoms with Crippen molar-refractivity contribution in [3.63, 3.8) is 0 Å². The predicted octanol–water partition coefficient (Wildman–Crippen LogP) is 4.72. The number of carbonyl (C=O) groups is 1. The molecule has 4 bridgehead atoms. The van der Waals surface area contributed by atoms with Gasteiger partial charge in [-0.25, -0.2) is 4.98 Å². The van der Waals surface area contributed by atoms with E-state index in [1.165, 1.54) is 38.5 Å². The second-order valence-corrected chi connectivity index (χ2v) is 8.94. The second-order valence-electron chi connectivity index (χ2n) is 8.94. The molecule has 1 aromatic carbocycles. The Labute approximate surface area is 165 Å². The van der Waals surface area contributed by atoms with E-state index in [0.29, 0.717) is 17.0 Å². The molecule has 4 aliphatic carbocycles. The van der Waals surface area contributed by atoms with Gasteiger partial charge >= 0.3 is 0 Å². The standard InChI is InChI=1S/C23H27N3O2/c1-28-20-4-2-3-18(10-20)22(27)25-19-5-6-21(24-14-19)26-23-11-15-7-16(12-23)9-17(8-15)13-23/h2-6,10,14-17H,7-9,11-13H2,1H3,(H,24,26)(H,25,27). The number of hydrogen-bond acceptors (Lipinski definition) is 4. The molecule has 4 fully saturated rings. The van der Waals surface area contributed by atoms with Gasteiger partial charge in [0.05, 0.1) is 19.0 Å². The lowest BCUT2D eigenvalue weighted by Crippen LogP contribution is -2.54. The first-order chi connectivity index (χ1) is 13.6. The smallest absolute Gasteiger partial charge is 0.255 e. The predicted molar refractivity (Wildman–Crippen MR) is 110 cm³/mol. The molecule has 5 heteroatoms. The summed E-state index contributed by atoms with van der Waals surface area (Å²) in [4.78, 5) is 17.0. The van der Waals surface area contributed by atoms with Gasteiger partial charge in [0.2, 0.25) is 0 Å². The van der Waals surface area contributed by atoms with Gasteiger partial charge in [0.1, 0.15) is 11.6 Å². The largest absolute Gasteiger partial charge is 0.497 e. The van der Waals surface area contributed by atoms with Crippen LogP contribution in [-0.4, -0.2) is 23.5 Å². The number of nitrogens with one attached hydrogen (secondary N) is 2. The number of rotatable bonds is 5. The maximum Gasteiger partial charge on any atom is 0.255 e. The summed E-state index contributed by atoms with van der Waals surface area (Å²) < 4.78 is 5.19. The fourth-order valence-electron chi connectivity index (χ4n) is 6.04. The zero-order valence-corrected chi connectivity index (χ0v) is 16.3. The molecular formula is C23H27N3O2. The van der Waals surface area contributed by atoms with Gasteiger partial charge in [0, 0.05) is 11.1 Å². The first-order valence-electron chi connectivity index (χ1n) is 10.3. The molecule has 4 saturated carbocycles. The fourth-order valence-corrected chi connectivity index (χ4v) is 6.04. The Morgan fingerprint density at radius 3 is 2.39 bits per heavy atom. The van der Waals surface area contributed by atoms with Gasteiger partial charge in [0.15, 0.2) is 0 Å². The Kier molecular flexibility index (Phi) is 4.26. The molecule has 6 rings (SSSR count). The summed E-state index contributed by atoms with van der Waals surface area (Å²) in [7, 11) is 1.59. The first kappa shape index (κ1) is 17.5. The Hall–Kier alpha value is -2.56. The quantitative estimate of drug-likeness (QED) is 0.791. The minimum absolute atomic E-state index is 0.164. The summed E-state index contributed by atoms with van der Waals surface area (Å²) in [6.45, 7) is 0. The Morgan fingerprint density at radius 1 is 1.07 bits per heavy atom. The van der Waals surface area contributed by atoms with Gasteiger partial charge in [-0.3, -0.25) is 4.79 Å². The van der Waals surface area contributed by atoms with Crippen molar-refractivity contribution in [1.29, 1.82) is 0 Å². The van der Waals surface area contributed by atoms with Gasteiger partial charge < -0.3 is 15.4 Å². The first-order valence-corrected chi connectivity index (χ1v) is 10.3. The topological polar surface area (TPSA) is 63.2 Å². The van der Waals surface area contributed by atoms with Crippen LogP contribution < -0.4 is 15.4 Å². The number of anilines is 2. The van der Waals surface area contributed by atoms with Crippen molar-refractivity contribution in [1.82, 2.24) is 4.98 Å². The van der Waals surface area contributed by atoms with E-state index < -0.39 is 0 Å². The van der Waals surface area contributed by atoms with Crippen LogP contribution in [0.2, 0.25) is 0 Å². The highest BCUT2D eigenvalue weighted by Gasteiger charge is 2.51. The average Bonchev–Trinajstić information content (AvgIpc) is 2.68. The van der Waals surface area contributed by atoms with E-state index in [-0.39, 0.29) is 11.4 Å². The minimum atomic E-state index is -0.164. The molecule has 0 spiro atoms. The number of aromatic nitrogens is 1. The van der Waals surface area contributed by atoms with E-state index in [9.17, 15) is 4.79 Å². The van der Waals surface area contributed by atoms with E-state index in [0.717, 1.165) is 23.6 Å². The molecule has 0 aliphatic heterocycles. The summed E-state index contributed by atoms with van der Waals surface area (Å²) in [6.07, 6.45) is 9.90. The third kappa shape index (κ3) is 3.34.